The van der Waals surface area contributed by atoms with Crippen LogP contribution in [0.4, 0.5) is 0 Å². The van der Waals surface area contributed by atoms with Gasteiger partial charge in [0.2, 0.25) is 6.79 Å². The van der Waals surface area contributed by atoms with Crippen LogP contribution in [0.3, 0.4) is 0 Å². The molecule has 1 heterocycles. The fourth-order valence-corrected chi connectivity index (χ4v) is 2.76. The maximum absolute atomic E-state index is 5.78. The summed E-state index contributed by atoms with van der Waals surface area (Å²) >= 11 is 5.29. The van der Waals surface area contributed by atoms with Crippen molar-refractivity contribution in [1.29, 1.82) is 0 Å². The van der Waals surface area contributed by atoms with Gasteiger partial charge in [0.1, 0.15) is 12.4 Å². The first-order valence-electron chi connectivity index (χ1n) is 8.22. The van der Waals surface area contributed by atoms with E-state index < -0.39 is 0 Å². The van der Waals surface area contributed by atoms with Crippen molar-refractivity contribution in [2.75, 3.05) is 19.9 Å². The molecule has 0 bridgehead atoms. The fraction of sp³-hybridized carbons (Fsp3) is 0.316. The van der Waals surface area contributed by atoms with Crippen LogP contribution in [0.2, 0.25) is 0 Å². The zero-order valence-electron chi connectivity index (χ0n) is 14.4. The highest BCUT2D eigenvalue weighted by Gasteiger charge is 2.13. The molecule has 25 heavy (non-hydrogen) atoms. The highest BCUT2D eigenvalue weighted by Crippen LogP contribution is 2.32. The van der Waals surface area contributed by atoms with Crippen molar-refractivity contribution >= 4 is 17.3 Å². The Labute approximate surface area is 153 Å². The van der Waals surface area contributed by atoms with Crippen molar-refractivity contribution in [3.05, 3.63) is 53.1 Å². The molecule has 0 aromatic heterocycles. The number of hydrogen-bond donors (Lipinski definition) is 2. The second kappa shape index (κ2) is 8.07. The number of hydrogen-bond acceptors (Lipinski definition) is 4. The van der Waals surface area contributed by atoms with Crippen molar-refractivity contribution in [2.45, 2.75) is 20.4 Å². The van der Waals surface area contributed by atoms with E-state index in [0.717, 1.165) is 28.4 Å². The summed E-state index contributed by atoms with van der Waals surface area (Å²) in [6, 6.07) is 12.0. The number of nitrogens with one attached hydrogen (secondary N) is 2. The third-order valence-electron chi connectivity index (χ3n) is 3.87. The molecule has 0 radical (unpaired) electrons. The Bertz CT molecular complexity index is 764. The van der Waals surface area contributed by atoms with Gasteiger partial charge in [0.05, 0.1) is 6.54 Å². The van der Waals surface area contributed by atoms with Gasteiger partial charge in [-0.05, 0) is 55.4 Å². The average molecular weight is 358 g/mol. The van der Waals surface area contributed by atoms with Crippen molar-refractivity contribution < 1.29 is 14.2 Å². The van der Waals surface area contributed by atoms with Gasteiger partial charge >= 0.3 is 0 Å². The number of rotatable bonds is 6. The molecule has 3 rings (SSSR count). The molecular weight excluding hydrogens is 336 g/mol. The van der Waals surface area contributed by atoms with E-state index in [1.165, 1.54) is 5.56 Å². The largest absolute Gasteiger partial charge is 0.491 e. The third-order valence-corrected chi connectivity index (χ3v) is 4.15. The van der Waals surface area contributed by atoms with E-state index in [1.807, 2.05) is 37.3 Å². The Balaban J connectivity index is 1.37. The monoisotopic (exact) mass is 358 g/mol. The molecule has 0 saturated carbocycles. The maximum atomic E-state index is 5.78. The molecule has 0 saturated heterocycles. The Morgan fingerprint density at radius 2 is 1.92 bits per heavy atom. The van der Waals surface area contributed by atoms with Gasteiger partial charge < -0.3 is 24.8 Å². The molecule has 1 aliphatic rings. The van der Waals surface area contributed by atoms with Crippen LogP contribution >= 0.6 is 12.2 Å². The topological polar surface area (TPSA) is 51.8 Å². The van der Waals surface area contributed by atoms with Crippen LogP contribution < -0.4 is 24.8 Å². The molecule has 0 amide bonds. The van der Waals surface area contributed by atoms with Gasteiger partial charge in [-0.2, -0.15) is 0 Å². The van der Waals surface area contributed by atoms with E-state index >= 15 is 0 Å². The lowest BCUT2D eigenvalue weighted by molar-refractivity contribution is 0.174. The van der Waals surface area contributed by atoms with E-state index in [4.69, 9.17) is 26.4 Å². The van der Waals surface area contributed by atoms with Crippen LogP contribution in [0.1, 0.15) is 16.7 Å². The first kappa shape index (κ1) is 17.4. The molecule has 0 atom stereocenters. The number of benzene rings is 2. The number of fused-ring (bicyclic) bond motifs is 1. The zero-order chi connectivity index (χ0) is 17.6. The molecule has 2 aromatic rings. The Morgan fingerprint density at radius 1 is 1.08 bits per heavy atom. The minimum absolute atomic E-state index is 0.284. The van der Waals surface area contributed by atoms with Crippen molar-refractivity contribution in [3.63, 3.8) is 0 Å². The van der Waals surface area contributed by atoms with Gasteiger partial charge in [-0.15, -0.1) is 0 Å². The van der Waals surface area contributed by atoms with E-state index in [-0.39, 0.29) is 6.79 Å². The predicted molar refractivity (Wildman–Crippen MR) is 101 cm³/mol. The van der Waals surface area contributed by atoms with Crippen LogP contribution in [-0.4, -0.2) is 25.1 Å². The second-order valence-corrected chi connectivity index (χ2v) is 6.32. The van der Waals surface area contributed by atoms with Gasteiger partial charge in [-0.1, -0.05) is 23.8 Å². The summed E-state index contributed by atoms with van der Waals surface area (Å²) in [5.74, 6) is 2.47. The van der Waals surface area contributed by atoms with Gasteiger partial charge in [0.15, 0.2) is 16.6 Å². The van der Waals surface area contributed by atoms with Crippen molar-refractivity contribution in [2.24, 2.45) is 0 Å². The van der Waals surface area contributed by atoms with E-state index in [1.54, 1.807) is 0 Å². The summed E-state index contributed by atoms with van der Waals surface area (Å²) in [6.07, 6.45) is 0. The summed E-state index contributed by atoms with van der Waals surface area (Å²) in [7, 11) is 0. The summed E-state index contributed by atoms with van der Waals surface area (Å²) in [5.41, 5.74) is 3.46. The quantitative estimate of drug-likeness (QED) is 0.611. The normalized spacial score (nSPS) is 11.9. The summed E-state index contributed by atoms with van der Waals surface area (Å²) in [6.45, 7) is 6.22. The molecule has 0 aliphatic carbocycles. The van der Waals surface area contributed by atoms with Gasteiger partial charge in [0, 0.05) is 6.54 Å². The number of aryl methyl sites for hydroxylation is 2. The minimum atomic E-state index is 0.284. The van der Waals surface area contributed by atoms with Gasteiger partial charge in [-0.3, -0.25) is 0 Å². The standard InChI is InChI=1S/C19H22N2O3S/c1-13-3-5-16(14(2)9-13)22-8-7-20-19(25)21-11-15-4-6-17-18(10-15)24-12-23-17/h3-6,9-10H,7-8,11-12H2,1-2H3,(H2,20,21,25). The van der Waals surface area contributed by atoms with Crippen molar-refractivity contribution in [3.8, 4) is 17.2 Å². The zero-order valence-corrected chi connectivity index (χ0v) is 15.2. The smallest absolute Gasteiger partial charge is 0.231 e. The Kier molecular flexibility index (Phi) is 5.60. The Morgan fingerprint density at radius 3 is 2.76 bits per heavy atom. The summed E-state index contributed by atoms with van der Waals surface area (Å²) in [4.78, 5) is 0. The van der Waals surface area contributed by atoms with Crippen LogP contribution in [0.15, 0.2) is 36.4 Å². The predicted octanol–water partition coefficient (Wildman–Crippen LogP) is 3.08. The van der Waals surface area contributed by atoms with Gasteiger partial charge in [-0.25, -0.2) is 0 Å². The number of thiocarbonyl (C=S) groups is 1. The first-order valence-corrected chi connectivity index (χ1v) is 8.63. The molecule has 1 aliphatic heterocycles. The molecule has 2 N–H and O–H groups in total. The second-order valence-electron chi connectivity index (χ2n) is 5.91. The summed E-state index contributed by atoms with van der Waals surface area (Å²) < 4.78 is 16.4. The fourth-order valence-electron chi connectivity index (χ4n) is 2.58. The molecule has 5 nitrogen and oxygen atoms in total. The van der Waals surface area contributed by atoms with Crippen LogP contribution in [0.25, 0.3) is 0 Å². The first-order chi connectivity index (χ1) is 12.1. The average Bonchev–Trinajstić information content (AvgIpc) is 3.06. The lowest BCUT2D eigenvalue weighted by Gasteiger charge is -2.13. The van der Waals surface area contributed by atoms with Crippen molar-refractivity contribution in [1.82, 2.24) is 10.6 Å². The molecule has 2 aromatic carbocycles. The van der Waals surface area contributed by atoms with E-state index in [9.17, 15) is 0 Å². The van der Waals surface area contributed by atoms with Crippen LogP contribution in [0.5, 0.6) is 17.2 Å². The van der Waals surface area contributed by atoms with Crippen LogP contribution in [0, 0.1) is 13.8 Å². The highest BCUT2D eigenvalue weighted by molar-refractivity contribution is 7.80. The minimum Gasteiger partial charge on any atom is -0.491 e. The molecular formula is C19H22N2O3S. The van der Waals surface area contributed by atoms with Gasteiger partial charge in [0.25, 0.3) is 0 Å². The number of ether oxygens (including phenoxy) is 3. The lowest BCUT2D eigenvalue weighted by Crippen LogP contribution is -2.37. The maximum Gasteiger partial charge on any atom is 0.231 e. The highest BCUT2D eigenvalue weighted by atomic mass is 32.1. The summed E-state index contributed by atoms with van der Waals surface area (Å²) in [5, 5.41) is 6.92. The van der Waals surface area contributed by atoms with E-state index in [2.05, 4.69) is 23.6 Å². The molecule has 0 unspecified atom stereocenters. The van der Waals surface area contributed by atoms with Crippen LogP contribution in [-0.2, 0) is 6.54 Å². The van der Waals surface area contributed by atoms with E-state index in [0.29, 0.717) is 24.8 Å². The molecule has 0 fully saturated rings. The lowest BCUT2D eigenvalue weighted by atomic mass is 10.1. The molecule has 0 spiro atoms. The molecule has 6 heteroatoms. The SMILES string of the molecule is Cc1ccc(OCCNC(=S)NCc2ccc3c(c2)OCO3)c(C)c1. The Hall–Kier alpha value is -2.47. The molecule has 132 valence electrons. The third kappa shape index (κ3) is 4.76.